The third-order valence-corrected chi connectivity index (χ3v) is 4.97. The highest BCUT2D eigenvalue weighted by Crippen LogP contribution is 2.30. The SMILES string of the molecule is Cc1nnnn1-c1cc(NC(=O)Cc2coc3ccc4ccccc4c23)ccc1F. The van der Waals surface area contributed by atoms with Crippen molar-refractivity contribution in [3.05, 3.63) is 78.1 Å². The molecule has 7 nitrogen and oxygen atoms in total. The zero-order chi connectivity index (χ0) is 20.7. The van der Waals surface area contributed by atoms with Gasteiger partial charge in [0.1, 0.15) is 17.1 Å². The number of fused-ring (bicyclic) bond motifs is 3. The van der Waals surface area contributed by atoms with Gasteiger partial charge in [-0.25, -0.2) is 4.39 Å². The van der Waals surface area contributed by atoms with E-state index in [-0.39, 0.29) is 18.0 Å². The molecule has 0 saturated heterocycles. The number of hydrogen-bond donors (Lipinski definition) is 1. The lowest BCUT2D eigenvalue weighted by molar-refractivity contribution is -0.115. The maximum absolute atomic E-state index is 14.2. The van der Waals surface area contributed by atoms with Gasteiger partial charge >= 0.3 is 0 Å². The number of amides is 1. The minimum atomic E-state index is -0.490. The number of hydrogen-bond acceptors (Lipinski definition) is 5. The molecular formula is C22H16FN5O2. The molecular weight excluding hydrogens is 385 g/mol. The molecule has 0 aliphatic carbocycles. The van der Waals surface area contributed by atoms with Gasteiger partial charge in [-0.1, -0.05) is 30.3 Å². The van der Waals surface area contributed by atoms with Crippen LogP contribution in [0.4, 0.5) is 10.1 Å². The Morgan fingerprint density at radius 2 is 2.03 bits per heavy atom. The van der Waals surface area contributed by atoms with E-state index in [9.17, 15) is 9.18 Å². The van der Waals surface area contributed by atoms with Crippen LogP contribution in [0.2, 0.25) is 0 Å². The number of rotatable bonds is 4. The fourth-order valence-electron chi connectivity index (χ4n) is 3.59. The van der Waals surface area contributed by atoms with Crippen LogP contribution in [0, 0.1) is 12.7 Å². The molecule has 0 saturated carbocycles. The molecule has 3 aromatic carbocycles. The average molecular weight is 401 g/mol. The molecule has 0 aliphatic heterocycles. The van der Waals surface area contributed by atoms with E-state index in [4.69, 9.17) is 4.42 Å². The number of halogens is 1. The van der Waals surface area contributed by atoms with Crippen LogP contribution in [-0.4, -0.2) is 26.1 Å². The molecule has 0 aliphatic rings. The van der Waals surface area contributed by atoms with Crippen molar-refractivity contribution >= 4 is 33.3 Å². The second kappa shape index (κ2) is 7.07. The minimum Gasteiger partial charge on any atom is -0.464 e. The van der Waals surface area contributed by atoms with Crippen molar-refractivity contribution in [2.75, 3.05) is 5.32 Å². The third-order valence-electron chi connectivity index (χ3n) is 4.97. The summed E-state index contributed by atoms with van der Waals surface area (Å²) >= 11 is 0. The maximum Gasteiger partial charge on any atom is 0.228 e. The van der Waals surface area contributed by atoms with Crippen LogP contribution in [0.5, 0.6) is 0 Å². The summed E-state index contributed by atoms with van der Waals surface area (Å²) in [6.45, 7) is 1.67. The monoisotopic (exact) mass is 401 g/mol. The first kappa shape index (κ1) is 18.0. The van der Waals surface area contributed by atoms with Gasteiger partial charge in [0.15, 0.2) is 5.82 Å². The molecule has 1 N–H and O–H groups in total. The number of aromatic nitrogens is 4. The van der Waals surface area contributed by atoms with Crippen molar-refractivity contribution in [2.24, 2.45) is 0 Å². The van der Waals surface area contributed by atoms with E-state index in [1.54, 1.807) is 13.2 Å². The number of nitrogens with one attached hydrogen (secondary N) is 1. The summed E-state index contributed by atoms with van der Waals surface area (Å²) in [5, 5.41) is 16.9. The van der Waals surface area contributed by atoms with Crippen LogP contribution in [0.1, 0.15) is 11.4 Å². The van der Waals surface area contributed by atoms with Gasteiger partial charge in [-0.3, -0.25) is 4.79 Å². The smallest absolute Gasteiger partial charge is 0.228 e. The van der Waals surface area contributed by atoms with Crippen molar-refractivity contribution in [3.63, 3.8) is 0 Å². The molecule has 1 amide bonds. The molecule has 0 radical (unpaired) electrons. The van der Waals surface area contributed by atoms with Gasteiger partial charge in [0.25, 0.3) is 0 Å². The average Bonchev–Trinajstić information content (AvgIpc) is 3.36. The van der Waals surface area contributed by atoms with Crippen molar-refractivity contribution < 1.29 is 13.6 Å². The number of aryl methyl sites for hydroxylation is 1. The number of nitrogens with zero attached hydrogens (tertiary/aromatic N) is 4. The Kier molecular flexibility index (Phi) is 4.24. The van der Waals surface area contributed by atoms with Gasteiger partial charge in [-0.15, -0.1) is 5.10 Å². The Morgan fingerprint density at radius 1 is 1.17 bits per heavy atom. The number of tetrazole rings is 1. The van der Waals surface area contributed by atoms with Gasteiger partial charge < -0.3 is 9.73 Å². The van der Waals surface area contributed by atoms with Crippen LogP contribution in [0.3, 0.4) is 0 Å². The highest BCUT2D eigenvalue weighted by atomic mass is 19.1. The van der Waals surface area contributed by atoms with Crippen LogP contribution < -0.4 is 5.32 Å². The first-order valence-corrected chi connectivity index (χ1v) is 9.33. The molecule has 5 aromatic rings. The molecule has 0 spiro atoms. The first-order chi connectivity index (χ1) is 14.6. The van der Waals surface area contributed by atoms with E-state index < -0.39 is 5.82 Å². The quantitative estimate of drug-likeness (QED) is 0.488. The molecule has 8 heteroatoms. The highest BCUT2D eigenvalue weighted by Gasteiger charge is 2.15. The van der Waals surface area contributed by atoms with Gasteiger partial charge in [0, 0.05) is 16.6 Å². The molecule has 0 fully saturated rings. The normalized spacial score (nSPS) is 11.3. The van der Waals surface area contributed by atoms with Gasteiger partial charge in [-0.2, -0.15) is 4.68 Å². The molecule has 30 heavy (non-hydrogen) atoms. The standard InChI is InChI=1S/C22H16FN5O2/c1-13-25-26-27-28(13)19-11-16(7-8-18(19)23)24-21(29)10-15-12-30-20-9-6-14-4-2-3-5-17(14)22(15)20/h2-9,11-12H,10H2,1H3,(H,24,29). The Bertz CT molecular complexity index is 1410. The molecule has 0 bridgehead atoms. The van der Waals surface area contributed by atoms with E-state index in [1.807, 2.05) is 36.4 Å². The molecule has 0 atom stereocenters. The number of benzene rings is 3. The minimum absolute atomic E-state index is 0.123. The predicted molar refractivity (Wildman–Crippen MR) is 110 cm³/mol. The maximum atomic E-state index is 14.2. The molecule has 148 valence electrons. The van der Waals surface area contributed by atoms with Crippen LogP contribution in [0.15, 0.2) is 65.3 Å². The lowest BCUT2D eigenvalue weighted by Crippen LogP contribution is -2.15. The van der Waals surface area contributed by atoms with E-state index in [2.05, 4.69) is 20.8 Å². The summed E-state index contributed by atoms with van der Waals surface area (Å²) in [6, 6.07) is 16.1. The Hall–Kier alpha value is -4.07. The van der Waals surface area contributed by atoms with Crippen molar-refractivity contribution in [3.8, 4) is 5.69 Å². The van der Waals surface area contributed by atoms with Gasteiger partial charge in [0.05, 0.1) is 12.7 Å². The number of carbonyl (C=O) groups is 1. The number of anilines is 1. The van der Waals surface area contributed by atoms with Crippen LogP contribution >= 0.6 is 0 Å². The van der Waals surface area contributed by atoms with E-state index >= 15 is 0 Å². The van der Waals surface area contributed by atoms with E-state index in [0.29, 0.717) is 11.5 Å². The van der Waals surface area contributed by atoms with Gasteiger partial charge in [0.2, 0.25) is 5.91 Å². The van der Waals surface area contributed by atoms with E-state index in [1.165, 1.54) is 22.9 Å². The van der Waals surface area contributed by atoms with Crippen LogP contribution in [-0.2, 0) is 11.2 Å². The second-order valence-corrected chi connectivity index (χ2v) is 6.95. The summed E-state index contributed by atoms with van der Waals surface area (Å²) in [7, 11) is 0. The zero-order valence-electron chi connectivity index (χ0n) is 16.0. The second-order valence-electron chi connectivity index (χ2n) is 6.95. The number of carbonyl (C=O) groups excluding carboxylic acids is 1. The summed E-state index contributed by atoms with van der Waals surface area (Å²) in [5.74, 6) is -0.290. The summed E-state index contributed by atoms with van der Waals surface area (Å²) in [6.07, 6.45) is 1.73. The topological polar surface area (TPSA) is 85.8 Å². The van der Waals surface area contributed by atoms with Crippen molar-refractivity contribution in [1.29, 1.82) is 0 Å². The van der Waals surface area contributed by atoms with Gasteiger partial charge in [-0.05, 0) is 52.4 Å². The first-order valence-electron chi connectivity index (χ1n) is 9.33. The predicted octanol–water partition coefficient (Wildman–Crippen LogP) is 4.19. The van der Waals surface area contributed by atoms with Crippen molar-refractivity contribution in [1.82, 2.24) is 20.2 Å². The summed E-state index contributed by atoms with van der Waals surface area (Å²) in [5.41, 5.74) is 2.13. The largest absolute Gasteiger partial charge is 0.464 e. The lowest BCUT2D eigenvalue weighted by Gasteiger charge is -2.09. The summed E-state index contributed by atoms with van der Waals surface area (Å²) < 4.78 is 21.2. The zero-order valence-corrected chi connectivity index (χ0v) is 16.0. The molecule has 2 aromatic heterocycles. The Labute approximate surface area is 170 Å². The lowest BCUT2D eigenvalue weighted by atomic mass is 10.0. The van der Waals surface area contributed by atoms with Crippen molar-refractivity contribution in [2.45, 2.75) is 13.3 Å². The molecule has 5 rings (SSSR count). The van der Waals surface area contributed by atoms with E-state index in [0.717, 1.165) is 27.3 Å². The third kappa shape index (κ3) is 3.08. The Balaban J connectivity index is 1.44. The fourth-order valence-corrected chi connectivity index (χ4v) is 3.59. The van der Waals surface area contributed by atoms with Crippen LogP contribution in [0.25, 0.3) is 27.4 Å². The Morgan fingerprint density at radius 3 is 2.87 bits per heavy atom. The number of furan rings is 1. The molecule has 0 unspecified atom stereocenters. The molecule has 2 heterocycles. The highest BCUT2D eigenvalue weighted by molar-refractivity contribution is 6.09. The summed E-state index contributed by atoms with van der Waals surface area (Å²) in [4.78, 5) is 12.7. The fraction of sp³-hybridized carbons (Fsp3) is 0.0909.